The fourth-order valence-electron chi connectivity index (χ4n) is 3.52. The van der Waals surface area contributed by atoms with E-state index in [9.17, 15) is 8.42 Å². The van der Waals surface area contributed by atoms with Crippen molar-refractivity contribution in [1.82, 2.24) is 19.4 Å². The minimum Gasteiger partial charge on any atom is -0.334 e. The molecule has 3 heterocycles. The SMILES string of the molecule is O=S(=O)(Cc1ccccc1)N1CCCC(Cc2noc(-c3cccnc3)n2)C1. The lowest BCUT2D eigenvalue weighted by atomic mass is 9.96. The molecule has 4 rings (SSSR count). The van der Waals surface area contributed by atoms with Gasteiger partial charge in [0.2, 0.25) is 10.0 Å². The summed E-state index contributed by atoms with van der Waals surface area (Å²) in [5.74, 6) is 1.26. The summed E-state index contributed by atoms with van der Waals surface area (Å²) in [7, 11) is -3.34. The summed E-state index contributed by atoms with van der Waals surface area (Å²) in [5, 5.41) is 4.06. The highest BCUT2D eigenvalue weighted by atomic mass is 32.2. The van der Waals surface area contributed by atoms with Crippen LogP contribution in [-0.4, -0.2) is 40.9 Å². The lowest BCUT2D eigenvalue weighted by Gasteiger charge is -2.31. The maximum absolute atomic E-state index is 12.8. The molecule has 2 aromatic heterocycles. The Labute approximate surface area is 164 Å². The Morgan fingerprint density at radius 2 is 2.00 bits per heavy atom. The summed E-state index contributed by atoms with van der Waals surface area (Å²) >= 11 is 0. The first-order valence-corrected chi connectivity index (χ1v) is 11.0. The normalized spacial score (nSPS) is 18.2. The summed E-state index contributed by atoms with van der Waals surface area (Å²) in [4.78, 5) is 8.50. The van der Waals surface area contributed by atoms with Crippen molar-refractivity contribution >= 4 is 10.0 Å². The molecule has 0 radical (unpaired) electrons. The maximum Gasteiger partial charge on any atom is 0.259 e. The second-order valence-corrected chi connectivity index (χ2v) is 9.04. The van der Waals surface area contributed by atoms with Crippen LogP contribution in [0.15, 0.2) is 59.4 Å². The monoisotopic (exact) mass is 398 g/mol. The first-order chi connectivity index (χ1) is 13.6. The Hall–Kier alpha value is -2.58. The first kappa shape index (κ1) is 18.8. The maximum atomic E-state index is 12.8. The van der Waals surface area contributed by atoms with Crippen LogP contribution in [-0.2, 0) is 22.2 Å². The van der Waals surface area contributed by atoms with E-state index in [1.54, 1.807) is 16.7 Å². The van der Waals surface area contributed by atoms with Crippen LogP contribution in [0.25, 0.3) is 11.5 Å². The number of hydrogen-bond donors (Lipinski definition) is 0. The number of sulfonamides is 1. The number of aromatic nitrogens is 3. The van der Waals surface area contributed by atoms with E-state index in [1.807, 2.05) is 42.5 Å². The highest BCUT2D eigenvalue weighted by molar-refractivity contribution is 7.88. The van der Waals surface area contributed by atoms with E-state index in [2.05, 4.69) is 15.1 Å². The minimum absolute atomic E-state index is 0.0356. The second kappa shape index (κ2) is 8.20. The van der Waals surface area contributed by atoms with Crippen LogP contribution in [0.4, 0.5) is 0 Å². The van der Waals surface area contributed by atoms with E-state index >= 15 is 0 Å². The smallest absolute Gasteiger partial charge is 0.259 e. The van der Waals surface area contributed by atoms with E-state index < -0.39 is 10.0 Å². The van der Waals surface area contributed by atoms with Crippen molar-refractivity contribution in [2.45, 2.75) is 25.0 Å². The average Bonchev–Trinajstić information content (AvgIpc) is 3.18. The van der Waals surface area contributed by atoms with Gasteiger partial charge in [-0.3, -0.25) is 4.98 Å². The Bertz CT molecular complexity index is 1010. The number of nitrogens with zero attached hydrogens (tertiary/aromatic N) is 4. The molecule has 1 aromatic carbocycles. The molecule has 8 heteroatoms. The molecule has 0 amide bonds. The van der Waals surface area contributed by atoms with Crippen LogP contribution in [0.1, 0.15) is 24.2 Å². The summed E-state index contributed by atoms with van der Waals surface area (Å²) in [5.41, 5.74) is 1.58. The van der Waals surface area contributed by atoms with Gasteiger partial charge in [0.15, 0.2) is 5.82 Å². The molecule has 1 saturated heterocycles. The van der Waals surface area contributed by atoms with E-state index in [4.69, 9.17) is 4.52 Å². The fourth-order valence-corrected chi connectivity index (χ4v) is 5.17. The molecule has 1 unspecified atom stereocenters. The molecule has 0 aliphatic carbocycles. The molecule has 1 aliphatic rings. The highest BCUT2D eigenvalue weighted by Crippen LogP contribution is 2.24. The van der Waals surface area contributed by atoms with E-state index in [0.29, 0.717) is 31.2 Å². The quantitative estimate of drug-likeness (QED) is 0.634. The molecule has 7 nitrogen and oxygen atoms in total. The number of benzene rings is 1. The minimum atomic E-state index is -3.34. The molecule has 146 valence electrons. The Morgan fingerprint density at radius 3 is 2.79 bits per heavy atom. The summed E-state index contributed by atoms with van der Waals surface area (Å²) in [6, 6.07) is 13.0. The van der Waals surface area contributed by atoms with Crippen molar-refractivity contribution in [1.29, 1.82) is 0 Å². The lowest BCUT2D eigenvalue weighted by molar-refractivity contribution is 0.261. The van der Waals surface area contributed by atoms with Gasteiger partial charge in [0, 0.05) is 31.9 Å². The molecule has 1 atom stereocenters. The number of piperidine rings is 1. The lowest BCUT2D eigenvalue weighted by Crippen LogP contribution is -2.41. The van der Waals surface area contributed by atoms with Gasteiger partial charge in [-0.25, -0.2) is 12.7 Å². The van der Waals surface area contributed by atoms with Crippen molar-refractivity contribution in [3.8, 4) is 11.5 Å². The molecular weight excluding hydrogens is 376 g/mol. The third kappa shape index (κ3) is 4.45. The zero-order valence-electron chi connectivity index (χ0n) is 15.4. The molecule has 3 aromatic rings. The molecule has 0 spiro atoms. The van der Waals surface area contributed by atoms with Gasteiger partial charge in [-0.2, -0.15) is 4.98 Å². The molecule has 0 saturated carbocycles. The van der Waals surface area contributed by atoms with Crippen LogP contribution in [0.5, 0.6) is 0 Å². The second-order valence-electron chi connectivity index (χ2n) is 7.07. The summed E-state index contributed by atoms with van der Waals surface area (Å²) in [6.07, 6.45) is 5.75. The summed E-state index contributed by atoms with van der Waals surface area (Å²) in [6.45, 7) is 1.06. The molecule has 28 heavy (non-hydrogen) atoms. The van der Waals surface area contributed by atoms with Crippen LogP contribution < -0.4 is 0 Å². The van der Waals surface area contributed by atoms with Gasteiger partial charge in [-0.05, 0) is 36.5 Å². The molecular formula is C20H22N4O3S. The van der Waals surface area contributed by atoms with E-state index in [1.165, 1.54) is 0 Å². The predicted molar refractivity (Wildman–Crippen MR) is 105 cm³/mol. The van der Waals surface area contributed by atoms with Crippen molar-refractivity contribution in [3.63, 3.8) is 0 Å². The van der Waals surface area contributed by atoms with Crippen LogP contribution in [0, 0.1) is 5.92 Å². The van der Waals surface area contributed by atoms with E-state index in [0.717, 1.165) is 24.0 Å². The Balaban J connectivity index is 1.41. The van der Waals surface area contributed by atoms with Gasteiger partial charge in [0.1, 0.15) is 0 Å². The standard InChI is InChI=1S/C20H22N4O3S/c25-28(26,15-16-6-2-1-3-7-16)24-11-5-8-17(14-24)12-19-22-20(27-23-19)18-9-4-10-21-13-18/h1-4,6-7,9-10,13,17H,5,8,11-12,14-15H2. The van der Waals surface area contributed by atoms with Gasteiger partial charge in [-0.1, -0.05) is 35.5 Å². The number of pyridine rings is 1. The predicted octanol–water partition coefficient (Wildman–Crippen LogP) is 2.92. The number of rotatable bonds is 6. The van der Waals surface area contributed by atoms with Crippen LogP contribution in [0.2, 0.25) is 0 Å². The Morgan fingerprint density at radius 1 is 1.14 bits per heavy atom. The van der Waals surface area contributed by atoms with Crippen LogP contribution in [0.3, 0.4) is 0 Å². The van der Waals surface area contributed by atoms with Crippen LogP contribution >= 0.6 is 0 Å². The van der Waals surface area contributed by atoms with Gasteiger partial charge < -0.3 is 4.52 Å². The van der Waals surface area contributed by atoms with E-state index in [-0.39, 0.29) is 11.7 Å². The first-order valence-electron chi connectivity index (χ1n) is 9.35. The third-order valence-electron chi connectivity index (χ3n) is 4.91. The molecule has 0 bridgehead atoms. The zero-order chi connectivity index (χ0) is 19.4. The highest BCUT2D eigenvalue weighted by Gasteiger charge is 2.30. The van der Waals surface area contributed by atoms with Crippen molar-refractivity contribution < 1.29 is 12.9 Å². The summed E-state index contributed by atoms with van der Waals surface area (Å²) < 4.78 is 32.6. The molecule has 0 N–H and O–H groups in total. The zero-order valence-corrected chi connectivity index (χ0v) is 16.3. The van der Waals surface area contributed by atoms with Gasteiger partial charge in [-0.15, -0.1) is 0 Å². The largest absolute Gasteiger partial charge is 0.334 e. The van der Waals surface area contributed by atoms with Gasteiger partial charge in [0.05, 0.1) is 11.3 Å². The average molecular weight is 398 g/mol. The van der Waals surface area contributed by atoms with Crippen molar-refractivity contribution in [2.24, 2.45) is 5.92 Å². The topological polar surface area (TPSA) is 89.2 Å². The number of hydrogen-bond acceptors (Lipinski definition) is 6. The molecule has 1 fully saturated rings. The molecule has 1 aliphatic heterocycles. The van der Waals surface area contributed by atoms with Crippen molar-refractivity contribution in [2.75, 3.05) is 13.1 Å². The van der Waals surface area contributed by atoms with Crippen molar-refractivity contribution in [3.05, 3.63) is 66.2 Å². The fraction of sp³-hybridized carbons (Fsp3) is 0.350. The van der Waals surface area contributed by atoms with Gasteiger partial charge >= 0.3 is 0 Å². The van der Waals surface area contributed by atoms with Gasteiger partial charge in [0.25, 0.3) is 5.89 Å². The third-order valence-corrected chi connectivity index (χ3v) is 6.73. The Kier molecular flexibility index (Phi) is 5.50.